The van der Waals surface area contributed by atoms with E-state index in [0.717, 1.165) is 48.5 Å². The molecule has 0 aliphatic heterocycles. The number of fused-ring (bicyclic) bond motifs is 1. The summed E-state index contributed by atoms with van der Waals surface area (Å²) in [6.07, 6.45) is -0.830. The number of anilines is 2. The number of nitrogens with zero attached hydrogens (tertiary/aromatic N) is 4. The molecule has 1 saturated carbocycles. The molecule has 0 radical (unpaired) electrons. The minimum atomic E-state index is -4.60. The lowest BCUT2D eigenvalue weighted by atomic mass is 9.86. The van der Waals surface area contributed by atoms with E-state index in [1.54, 1.807) is 0 Å². The Labute approximate surface area is 247 Å². The first-order chi connectivity index (χ1) is 20.6. The number of ether oxygens (including phenoxy) is 1. The van der Waals surface area contributed by atoms with Gasteiger partial charge >= 0.3 is 6.18 Å². The first-order valence-corrected chi connectivity index (χ1v) is 14.1. The fourth-order valence-corrected chi connectivity index (χ4v) is 5.40. The summed E-state index contributed by atoms with van der Waals surface area (Å²) < 4.78 is 46.1. The lowest BCUT2D eigenvalue weighted by Crippen LogP contribution is -2.31. The molecule has 1 aliphatic carbocycles. The Morgan fingerprint density at radius 2 is 1.70 bits per heavy atom. The van der Waals surface area contributed by atoms with Gasteiger partial charge in [-0.25, -0.2) is 4.98 Å². The van der Waals surface area contributed by atoms with E-state index in [-0.39, 0.29) is 29.8 Å². The van der Waals surface area contributed by atoms with Gasteiger partial charge in [0.1, 0.15) is 17.3 Å². The number of alkyl halides is 3. The summed E-state index contributed by atoms with van der Waals surface area (Å²) in [4.78, 5) is 22.3. The van der Waals surface area contributed by atoms with Crippen LogP contribution in [0.15, 0.2) is 66.7 Å². The largest absolute Gasteiger partial charge is 0.456 e. The van der Waals surface area contributed by atoms with Crippen LogP contribution in [0.2, 0.25) is 0 Å². The van der Waals surface area contributed by atoms with E-state index in [4.69, 9.17) is 14.7 Å². The lowest BCUT2D eigenvalue weighted by molar-refractivity contribution is -0.384. The minimum Gasteiger partial charge on any atom is -0.456 e. The summed E-state index contributed by atoms with van der Waals surface area (Å²) in [6.45, 7) is 0.868. The molecule has 0 amide bonds. The van der Waals surface area contributed by atoms with Crippen LogP contribution in [-0.4, -0.2) is 41.6 Å². The van der Waals surface area contributed by atoms with Crippen molar-refractivity contribution in [3.8, 4) is 11.5 Å². The summed E-state index contributed by atoms with van der Waals surface area (Å²) in [5.41, 5.74) is 0.220. The fourth-order valence-electron chi connectivity index (χ4n) is 5.40. The van der Waals surface area contributed by atoms with Gasteiger partial charge in [0.05, 0.1) is 16.0 Å². The van der Waals surface area contributed by atoms with Crippen molar-refractivity contribution in [1.29, 1.82) is 0 Å². The molecule has 43 heavy (non-hydrogen) atoms. The zero-order valence-electron chi connectivity index (χ0n) is 23.9. The van der Waals surface area contributed by atoms with Gasteiger partial charge in [0.15, 0.2) is 0 Å². The normalized spacial score (nSPS) is 17.0. The van der Waals surface area contributed by atoms with E-state index in [1.165, 1.54) is 36.4 Å². The van der Waals surface area contributed by atoms with Crippen molar-refractivity contribution in [3.05, 3.63) is 88.0 Å². The highest BCUT2D eigenvalue weighted by atomic mass is 19.4. The van der Waals surface area contributed by atoms with Crippen molar-refractivity contribution in [3.63, 3.8) is 0 Å². The van der Waals surface area contributed by atoms with Crippen LogP contribution in [0.5, 0.6) is 11.5 Å². The van der Waals surface area contributed by atoms with Crippen LogP contribution in [-0.2, 0) is 12.7 Å². The smallest absolute Gasteiger partial charge is 0.419 e. The average Bonchev–Trinajstić information content (AvgIpc) is 2.98. The van der Waals surface area contributed by atoms with Crippen LogP contribution in [0.25, 0.3) is 10.9 Å². The lowest BCUT2D eigenvalue weighted by Gasteiger charge is -2.29. The molecule has 1 aliphatic rings. The standard InChI is InChI=1S/C31H33F3N6O3/c1-39(2)29-24-7-3-5-9-26(24)37-30(38-29)36-22-13-11-20(12-14-22)18-35-19-21-17-23(40(41)42)15-16-27(21)43-28-10-6-4-8-25(28)31(32,33)34/h3-10,15-17,20,22,35H,11-14,18-19H2,1-2H3,(H,36,37,38)/t20-,22+. The van der Waals surface area contributed by atoms with Gasteiger partial charge in [-0.1, -0.05) is 24.3 Å². The molecule has 4 aromatic rings. The molecular weight excluding hydrogens is 561 g/mol. The Morgan fingerprint density at radius 1 is 0.977 bits per heavy atom. The maximum atomic E-state index is 13.5. The van der Waals surface area contributed by atoms with E-state index >= 15 is 0 Å². The molecule has 12 heteroatoms. The van der Waals surface area contributed by atoms with Crippen LogP contribution in [0.1, 0.15) is 36.8 Å². The quantitative estimate of drug-likeness (QED) is 0.147. The number of aromatic nitrogens is 2. The third-order valence-corrected chi connectivity index (χ3v) is 7.60. The van der Waals surface area contributed by atoms with Gasteiger partial charge < -0.3 is 20.3 Å². The molecule has 3 aromatic carbocycles. The van der Waals surface area contributed by atoms with Crippen LogP contribution in [0, 0.1) is 16.0 Å². The highest BCUT2D eigenvalue weighted by Gasteiger charge is 2.34. The molecule has 2 N–H and O–H groups in total. The van der Waals surface area contributed by atoms with Crippen LogP contribution >= 0.6 is 0 Å². The summed E-state index contributed by atoms with van der Waals surface area (Å²) in [5.74, 6) is 1.62. The Morgan fingerprint density at radius 3 is 2.42 bits per heavy atom. The van der Waals surface area contributed by atoms with Gasteiger partial charge in [0.25, 0.3) is 5.69 Å². The van der Waals surface area contributed by atoms with Gasteiger partial charge in [0.2, 0.25) is 5.95 Å². The summed E-state index contributed by atoms with van der Waals surface area (Å²) in [6, 6.07) is 17.0. The molecule has 0 unspecified atom stereocenters. The SMILES string of the molecule is CN(C)c1nc(N[C@H]2CC[C@@H](CNCc3cc([N+](=O)[O-])ccc3Oc3ccccc3C(F)(F)F)CC2)nc2ccccc12. The number of hydrogen-bond donors (Lipinski definition) is 2. The Kier molecular flexibility index (Phi) is 8.95. The second-order valence-corrected chi connectivity index (χ2v) is 10.9. The third-order valence-electron chi connectivity index (χ3n) is 7.60. The molecule has 9 nitrogen and oxygen atoms in total. The molecule has 0 spiro atoms. The maximum Gasteiger partial charge on any atom is 0.419 e. The minimum absolute atomic E-state index is 0.134. The summed E-state index contributed by atoms with van der Waals surface area (Å²) in [5, 5.41) is 19.2. The molecular formula is C31H33F3N6O3. The highest BCUT2D eigenvalue weighted by Crippen LogP contribution is 2.39. The number of halogens is 3. The van der Waals surface area contributed by atoms with Crippen LogP contribution < -0.4 is 20.3 Å². The molecule has 226 valence electrons. The van der Waals surface area contributed by atoms with Gasteiger partial charge in [-0.05, 0) is 68.5 Å². The summed E-state index contributed by atoms with van der Waals surface area (Å²) in [7, 11) is 3.92. The second kappa shape index (κ2) is 12.8. The zero-order valence-corrected chi connectivity index (χ0v) is 23.9. The number of hydrogen-bond acceptors (Lipinski definition) is 8. The van der Waals surface area contributed by atoms with Crippen molar-refractivity contribution >= 4 is 28.4 Å². The predicted molar refractivity (Wildman–Crippen MR) is 160 cm³/mol. The number of para-hydroxylation sites is 2. The predicted octanol–water partition coefficient (Wildman–Crippen LogP) is 7.18. The monoisotopic (exact) mass is 594 g/mol. The average molecular weight is 595 g/mol. The van der Waals surface area contributed by atoms with Gasteiger partial charge in [-0.15, -0.1) is 0 Å². The molecule has 5 rings (SSSR count). The summed E-state index contributed by atoms with van der Waals surface area (Å²) >= 11 is 0. The highest BCUT2D eigenvalue weighted by molar-refractivity contribution is 5.90. The molecule has 1 heterocycles. The Hall–Kier alpha value is -4.45. The molecule has 0 atom stereocenters. The van der Waals surface area contributed by atoms with Gasteiger partial charge in [0, 0.05) is 49.8 Å². The van der Waals surface area contributed by atoms with Crippen LogP contribution in [0.3, 0.4) is 0 Å². The fraction of sp³-hybridized carbons (Fsp3) is 0.355. The van der Waals surface area contributed by atoms with E-state index in [2.05, 4.69) is 10.6 Å². The van der Waals surface area contributed by atoms with E-state index in [1.807, 2.05) is 43.3 Å². The molecule has 0 bridgehead atoms. The van der Waals surface area contributed by atoms with Crippen molar-refractivity contribution in [1.82, 2.24) is 15.3 Å². The zero-order chi connectivity index (χ0) is 30.6. The third kappa shape index (κ3) is 7.31. The molecule has 1 aromatic heterocycles. The number of nitro groups is 1. The maximum absolute atomic E-state index is 13.5. The van der Waals surface area contributed by atoms with Gasteiger partial charge in [-0.3, -0.25) is 10.1 Å². The van der Waals surface area contributed by atoms with Crippen molar-refractivity contribution in [2.75, 3.05) is 30.9 Å². The second-order valence-electron chi connectivity index (χ2n) is 10.9. The number of rotatable bonds is 10. The Bertz CT molecular complexity index is 1590. The van der Waals surface area contributed by atoms with E-state index in [0.29, 0.717) is 24.0 Å². The van der Waals surface area contributed by atoms with Crippen molar-refractivity contribution in [2.24, 2.45) is 5.92 Å². The van der Waals surface area contributed by atoms with E-state index < -0.39 is 16.7 Å². The molecule has 1 fully saturated rings. The van der Waals surface area contributed by atoms with Gasteiger partial charge in [-0.2, -0.15) is 18.2 Å². The van der Waals surface area contributed by atoms with Crippen molar-refractivity contribution in [2.45, 2.75) is 44.4 Å². The number of benzene rings is 3. The first kappa shape index (κ1) is 30.0. The topological polar surface area (TPSA) is 105 Å². The van der Waals surface area contributed by atoms with Crippen LogP contribution in [0.4, 0.5) is 30.6 Å². The number of non-ortho nitro benzene ring substituents is 1. The molecule has 0 saturated heterocycles. The number of nitrogens with one attached hydrogen (secondary N) is 2. The Balaban J connectivity index is 1.19. The van der Waals surface area contributed by atoms with E-state index in [9.17, 15) is 23.3 Å². The number of nitro benzene ring substituents is 1. The first-order valence-electron chi connectivity index (χ1n) is 14.1. The van der Waals surface area contributed by atoms with Crippen molar-refractivity contribution < 1.29 is 22.8 Å².